The lowest BCUT2D eigenvalue weighted by molar-refractivity contribution is -0.122. The van der Waals surface area contributed by atoms with Gasteiger partial charge in [0, 0.05) is 46.5 Å². The van der Waals surface area contributed by atoms with E-state index in [0.29, 0.717) is 23.1 Å². The maximum Gasteiger partial charge on any atom is 0.336 e. The Hall–Kier alpha value is -4.31. The highest BCUT2D eigenvalue weighted by Crippen LogP contribution is 2.42. The van der Waals surface area contributed by atoms with Crippen molar-refractivity contribution < 1.29 is 29.0 Å². The molecule has 37 heavy (non-hydrogen) atoms. The van der Waals surface area contributed by atoms with Crippen molar-refractivity contribution >= 4 is 41.4 Å². The fraction of sp³-hybridized carbons (Fsp3) is 0.185. The monoisotopic (exact) mass is 520 g/mol. The van der Waals surface area contributed by atoms with Crippen LogP contribution < -0.4 is 16.1 Å². The van der Waals surface area contributed by atoms with E-state index in [1.165, 1.54) is 42.5 Å². The van der Waals surface area contributed by atoms with Gasteiger partial charge in [-0.15, -0.1) is 0 Å². The van der Waals surface area contributed by atoms with E-state index in [9.17, 15) is 29.4 Å². The van der Waals surface area contributed by atoms with Crippen LogP contribution in [-0.4, -0.2) is 46.3 Å². The van der Waals surface area contributed by atoms with Gasteiger partial charge >= 0.3 is 5.97 Å². The molecule has 2 aromatic rings. The molecule has 10 heteroatoms. The molecule has 4 rings (SSSR count). The van der Waals surface area contributed by atoms with Crippen LogP contribution in [0.15, 0.2) is 63.8 Å². The van der Waals surface area contributed by atoms with Crippen molar-refractivity contribution in [2.45, 2.75) is 19.4 Å². The summed E-state index contributed by atoms with van der Waals surface area (Å²) in [5, 5.41) is 25.8. The van der Waals surface area contributed by atoms with Crippen LogP contribution in [-0.2, 0) is 4.79 Å². The Morgan fingerprint density at radius 1 is 1.03 bits per heavy atom. The van der Waals surface area contributed by atoms with Gasteiger partial charge in [-0.1, -0.05) is 13.0 Å². The topological polar surface area (TPSA) is 146 Å². The van der Waals surface area contributed by atoms with E-state index in [-0.39, 0.29) is 50.9 Å². The number of aromatic hydroxyl groups is 1. The summed E-state index contributed by atoms with van der Waals surface area (Å²) in [7, 11) is 0. The predicted molar refractivity (Wildman–Crippen MR) is 142 cm³/mol. The summed E-state index contributed by atoms with van der Waals surface area (Å²) in [4.78, 5) is 49.5. The molecule has 2 aromatic carbocycles. The summed E-state index contributed by atoms with van der Waals surface area (Å²) in [6, 6.07) is 11.9. The van der Waals surface area contributed by atoms with Crippen LogP contribution in [0.3, 0.4) is 0 Å². The minimum absolute atomic E-state index is 0.0462. The zero-order valence-corrected chi connectivity index (χ0v) is 20.7. The number of hydrogen-bond acceptors (Lipinski definition) is 7. The van der Waals surface area contributed by atoms with Crippen molar-refractivity contribution in [1.29, 1.82) is 0 Å². The minimum atomic E-state index is -1.28. The zero-order valence-electron chi connectivity index (χ0n) is 19.8. The van der Waals surface area contributed by atoms with Crippen molar-refractivity contribution in [2.24, 2.45) is 0 Å². The van der Waals surface area contributed by atoms with Gasteiger partial charge in [0.25, 0.3) is 5.91 Å². The van der Waals surface area contributed by atoms with E-state index in [2.05, 4.69) is 23.3 Å². The second kappa shape index (κ2) is 10.8. The number of fused-ring (bicyclic) bond motifs is 2. The summed E-state index contributed by atoms with van der Waals surface area (Å²) < 4.78 is 5.82. The van der Waals surface area contributed by atoms with Gasteiger partial charge in [-0.2, -0.15) is 12.6 Å². The molecule has 2 aliphatic rings. The number of carboxylic acid groups (broad SMARTS) is 1. The lowest BCUT2D eigenvalue weighted by Gasteiger charge is -2.18. The number of carboxylic acids is 1. The average molecular weight is 521 g/mol. The summed E-state index contributed by atoms with van der Waals surface area (Å²) in [6.07, 6.45) is 0.730. The Kier molecular flexibility index (Phi) is 7.49. The molecule has 0 spiro atoms. The zero-order chi connectivity index (χ0) is 26.7. The SMILES string of the molecule is CCCNC(=O)C(CS)NC(=O)c1ccc(-c2c3ccc(=O)cc-3oc3cc(O)ccc23)c(C(=O)O)c1. The second-order valence-electron chi connectivity index (χ2n) is 8.38. The third-order valence-corrected chi connectivity index (χ3v) is 6.18. The molecule has 1 unspecified atom stereocenters. The molecule has 1 heterocycles. The largest absolute Gasteiger partial charge is 0.508 e. The number of benzene rings is 3. The Balaban J connectivity index is 1.83. The summed E-state index contributed by atoms with van der Waals surface area (Å²) in [6.45, 7) is 2.35. The quantitative estimate of drug-likeness (QED) is 0.176. The molecule has 0 bridgehead atoms. The molecule has 1 atom stereocenters. The number of thiol groups is 1. The van der Waals surface area contributed by atoms with Gasteiger partial charge in [0.2, 0.25) is 5.91 Å². The second-order valence-corrected chi connectivity index (χ2v) is 8.75. The van der Waals surface area contributed by atoms with E-state index >= 15 is 0 Å². The molecule has 0 radical (unpaired) electrons. The molecule has 190 valence electrons. The number of aromatic carboxylic acids is 1. The first-order chi connectivity index (χ1) is 17.7. The average Bonchev–Trinajstić information content (AvgIpc) is 2.88. The van der Waals surface area contributed by atoms with E-state index in [0.717, 1.165) is 6.42 Å². The number of amides is 2. The normalized spacial score (nSPS) is 11.8. The minimum Gasteiger partial charge on any atom is -0.508 e. The number of carbonyl (C=O) groups is 3. The number of carbonyl (C=O) groups excluding carboxylic acids is 2. The lowest BCUT2D eigenvalue weighted by Crippen LogP contribution is -2.48. The highest BCUT2D eigenvalue weighted by molar-refractivity contribution is 7.80. The number of rotatable bonds is 8. The first kappa shape index (κ1) is 25.8. The number of nitrogens with one attached hydrogen (secondary N) is 2. The maximum absolute atomic E-state index is 12.9. The first-order valence-corrected chi connectivity index (χ1v) is 12.1. The Morgan fingerprint density at radius 2 is 1.78 bits per heavy atom. The van der Waals surface area contributed by atoms with Crippen LogP contribution in [0.4, 0.5) is 0 Å². The molecule has 0 saturated carbocycles. The number of hydrogen-bond donors (Lipinski definition) is 5. The highest BCUT2D eigenvalue weighted by Gasteiger charge is 2.24. The van der Waals surface area contributed by atoms with Crippen LogP contribution in [0, 0.1) is 0 Å². The molecule has 4 N–H and O–H groups in total. The van der Waals surface area contributed by atoms with Crippen LogP contribution >= 0.6 is 12.6 Å². The van der Waals surface area contributed by atoms with Crippen LogP contribution in [0.25, 0.3) is 33.4 Å². The van der Waals surface area contributed by atoms with E-state index < -0.39 is 17.9 Å². The van der Waals surface area contributed by atoms with Crippen LogP contribution in [0.2, 0.25) is 0 Å². The van der Waals surface area contributed by atoms with Crippen molar-refractivity contribution in [3.8, 4) is 28.2 Å². The predicted octanol–water partition coefficient (Wildman–Crippen LogP) is 3.52. The van der Waals surface area contributed by atoms with Gasteiger partial charge in [0.1, 0.15) is 23.1 Å². The number of phenols is 1. The third kappa shape index (κ3) is 5.29. The van der Waals surface area contributed by atoms with Crippen molar-refractivity contribution in [3.05, 3.63) is 75.9 Å². The fourth-order valence-corrected chi connectivity index (χ4v) is 4.29. The Morgan fingerprint density at radius 3 is 2.49 bits per heavy atom. The molecule has 0 aromatic heterocycles. The van der Waals surface area contributed by atoms with Crippen LogP contribution in [0.5, 0.6) is 5.75 Å². The smallest absolute Gasteiger partial charge is 0.336 e. The van der Waals surface area contributed by atoms with Crippen LogP contribution in [0.1, 0.15) is 34.1 Å². The van der Waals surface area contributed by atoms with E-state index in [1.807, 2.05) is 6.92 Å². The van der Waals surface area contributed by atoms with E-state index in [1.54, 1.807) is 12.1 Å². The van der Waals surface area contributed by atoms with E-state index in [4.69, 9.17) is 4.42 Å². The van der Waals surface area contributed by atoms with Gasteiger partial charge in [-0.3, -0.25) is 14.4 Å². The van der Waals surface area contributed by atoms with Gasteiger partial charge in [-0.25, -0.2) is 4.79 Å². The number of phenolic OH excluding ortho intramolecular Hbond substituents is 1. The van der Waals surface area contributed by atoms with Gasteiger partial charge in [0.05, 0.1) is 5.56 Å². The highest BCUT2D eigenvalue weighted by atomic mass is 32.1. The fourth-order valence-electron chi connectivity index (χ4n) is 4.04. The Bertz CT molecular complexity index is 1550. The van der Waals surface area contributed by atoms with Crippen molar-refractivity contribution in [1.82, 2.24) is 10.6 Å². The van der Waals surface area contributed by atoms with Crippen molar-refractivity contribution in [2.75, 3.05) is 12.3 Å². The molecule has 1 aliphatic heterocycles. The lowest BCUT2D eigenvalue weighted by atomic mass is 9.90. The molecule has 0 fully saturated rings. The third-order valence-electron chi connectivity index (χ3n) is 5.81. The van der Waals surface area contributed by atoms with Crippen molar-refractivity contribution in [3.63, 3.8) is 0 Å². The van der Waals surface area contributed by atoms with Gasteiger partial charge in [0.15, 0.2) is 5.43 Å². The molecule has 9 nitrogen and oxygen atoms in total. The standard InChI is InChI=1S/C27H24N2O7S/c1-2-9-28-26(33)21(13-37)29-25(32)14-3-6-17(20(10-14)27(34)35)24-18-7-4-15(30)11-22(18)36-23-12-16(31)5-8-19(23)24/h3-8,10-12,21,30,37H,2,9,13H2,1H3,(H,28,33)(H,29,32)(H,34,35). The molecule has 0 saturated heterocycles. The molecular weight excluding hydrogens is 496 g/mol. The van der Waals surface area contributed by atoms with Gasteiger partial charge in [-0.05, 0) is 48.4 Å². The van der Waals surface area contributed by atoms with Gasteiger partial charge < -0.3 is 25.3 Å². The first-order valence-electron chi connectivity index (χ1n) is 11.5. The Labute approximate surface area is 216 Å². The molecular formula is C27H24N2O7S. The molecule has 1 aliphatic carbocycles. The molecule has 2 amide bonds. The maximum atomic E-state index is 12.9. The summed E-state index contributed by atoms with van der Waals surface area (Å²) in [5.74, 6) is -2.07. The summed E-state index contributed by atoms with van der Waals surface area (Å²) in [5.41, 5.74) is 1.07. The summed E-state index contributed by atoms with van der Waals surface area (Å²) >= 11 is 4.15.